The topological polar surface area (TPSA) is 128 Å². The van der Waals surface area contributed by atoms with E-state index in [1.807, 2.05) is 0 Å². The lowest BCUT2D eigenvalue weighted by atomic mass is 9.94. The first kappa shape index (κ1) is 32.5. The van der Waals surface area contributed by atoms with Crippen LogP contribution >= 0.6 is 23.2 Å². The molecule has 1 aliphatic rings. The second-order valence-electron chi connectivity index (χ2n) is 10.3. The molecule has 2 heterocycles. The van der Waals surface area contributed by atoms with E-state index in [9.17, 15) is 26.4 Å². The molecule has 45 heavy (non-hydrogen) atoms. The van der Waals surface area contributed by atoms with Gasteiger partial charge < -0.3 is 19.5 Å². The molecule has 1 saturated carbocycles. The van der Waals surface area contributed by atoms with E-state index in [-0.39, 0.29) is 38.0 Å². The highest BCUT2D eigenvalue weighted by Crippen LogP contribution is 2.57. The van der Waals surface area contributed by atoms with Gasteiger partial charge >= 0.3 is 6.18 Å². The zero-order valence-electron chi connectivity index (χ0n) is 23.9. The molecular formula is C29H26Cl2F3N5O5S. The van der Waals surface area contributed by atoms with Gasteiger partial charge in [0, 0.05) is 39.2 Å². The number of alkyl halides is 3. The highest BCUT2D eigenvalue weighted by atomic mass is 35.5. The predicted octanol–water partition coefficient (Wildman–Crippen LogP) is 6.33. The second kappa shape index (κ2) is 12.5. The van der Waals surface area contributed by atoms with Gasteiger partial charge in [-0.2, -0.15) is 18.2 Å². The first-order valence-corrected chi connectivity index (χ1v) is 15.9. The molecule has 5 rings (SSSR count). The lowest BCUT2D eigenvalue weighted by Gasteiger charge is -2.26. The molecule has 2 aromatic heterocycles. The van der Waals surface area contributed by atoms with Crippen molar-refractivity contribution in [1.82, 2.24) is 15.1 Å². The smallest absolute Gasteiger partial charge is 0.405 e. The van der Waals surface area contributed by atoms with Gasteiger partial charge in [0.1, 0.15) is 6.54 Å². The molecule has 0 spiro atoms. The largest absolute Gasteiger partial charge is 0.481 e. The molecule has 0 saturated heterocycles. The monoisotopic (exact) mass is 683 g/mol. The van der Waals surface area contributed by atoms with Gasteiger partial charge in [-0.25, -0.2) is 13.4 Å². The summed E-state index contributed by atoms with van der Waals surface area (Å²) in [4.78, 5) is 22.4. The average Bonchev–Trinajstić information content (AvgIpc) is 3.61. The van der Waals surface area contributed by atoms with Crippen LogP contribution in [-0.4, -0.2) is 61.6 Å². The highest BCUT2D eigenvalue weighted by molar-refractivity contribution is 7.91. The number of amides is 1. The van der Waals surface area contributed by atoms with Crippen molar-refractivity contribution in [1.29, 1.82) is 0 Å². The highest BCUT2D eigenvalue weighted by Gasteiger charge is 2.52. The van der Waals surface area contributed by atoms with Crippen molar-refractivity contribution in [3.05, 3.63) is 76.2 Å². The summed E-state index contributed by atoms with van der Waals surface area (Å²) in [5.74, 6) is 0.0991. The lowest BCUT2D eigenvalue weighted by molar-refractivity contribution is -0.122. The van der Waals surface area contributed by atoms with Crippen LogP contribution in [0.5, 0.6) is 5.88 Å². The fraction of sp³-hybridized carbons (Fsp3) is 0.310. The molecule has 0 radical (unpaired) electrons. The number of hydrogen-bond acceptors (Lipinski definition) is 9. The van der Waals surface area contributed by atoms with Gasteiger partial charge in [-0.15, -0.1) is 0 Å². The summed E-state index contributed by atoms with van der Waals surface area (Å²) in [6.45, 7) is -0.670. The Morgan fingerprint density at radius 3 is 2.31 bits per heavy atom. The maximum absolute atomic E-state index is 13.4. The summed E-state index contributed by atoms with van der Waals surface area (Å²) in [5.41, 5.74) is 0.583. The van der Waals surface area contributed by atoms with E-state index in [1.165, 1.54) is 56.6 Å². The molecular weight excluding hydrogens is 658 g/mol. The minimum Gasteiger partial charge on any atom is -0.481 e. The second-order valence-corrected chi connectivity index (χ2v) is 13.4. The fourth-order valence-corrected chi connectivity index (χ4v) is 6.57. The average molecular weight is 685 g/mol. The van der Waals surface area contributed by atoms with Gasteiger partial charge in [-0.3, -0.25) is 4.79 Å². The molecule has 0 unspecified atom stereocenters. The number of aromatic nitrogens is 3. The van der Waals surface area contributed by atoms with Crippen molar-refractivity contribution in [2.24, 2.45) is 0 Å². The zero-order chi connectivity index (χ0) is 32.6. The number of nitrogens with zero attached hydrogens (tertiary/aromatic N) is 4. The SMILES string of the molecule is CCS(=O)(=O)c1ccc(N(CC(=O)Nc2cc(Cl)c(C3(c4noc(-c5ccc(OC)nc5)n4)CC3)c(Cl)c2)CC(F)(F)F)cc1. The summed E-state index contributed by atoms with van der Waals surface area (Å²) in [5, 5.41) is 7.10. The Morgan fingerprint density at radius 2 is 1.78 bits per heavy atom. The number of halogens is 5. The molecule has 16 heteroatoms. The molecule has 10 nitrogen and oxygen atoms in total. The van der Waals surface area contributed by atoms with Gasteiger partial charge in [0.05, 0.1) is 35.3 Å². The molecule has 238 valence electrons. The van der Waals surface area contributed by atoms with Gasteiger partial charge in [0.2, 0.25) is 11.8 Å². The Kier molecular flexibility index (Phi) is 9.02. The first-order valence-electron chi connectivity index (χ1n) is 13.5. The summed E-state index contributed by atoms with van der Waals surface area (Å²) in [7, 11) is -2.05. The number of pyridine rings is 1. The van der Waals surface area contributed by atoms with E-state index >= 15 is 0 Å². The number of ether oxygens (including phenoxy) is 1. The third kappa shape index (κ3) is 7.18. The van der Waals surface area contributed by atoms with Crippen LogP contribution in [0.15, 0.2) is 64.1 Å². The maximum Gasteiger partial charge on any atom is 0.405 e. The Balaban J connectivity index is 1.33. The number of hydrogen-bond donors (Lipinski definition) is 1. The number of methoxy groups -OCH3 is 1. The number of rotatable bonds is 11. The van der Waals surface area contributed by atoms with Crippen LogP contribution in [0.3, 0.4) is 0 Å². The molecule has 0 atom stereocenters. The summed E-state index contributed by atoms with van der Waals surface area (Å²) in [6, 6.07) is 11.2. The van der Waals surface area contributed by atoms with Gasteiger partial charge in [0.25, 0.3) is 5.89 Å². The Morgan fingerprint density at radius 1 is 1.11 bits per heavy atom. The molecule has 1 N–H and O–H groups in total. The zero-order valence-corrected chi connectivity index (χ0v) is 26.2. The van der Waals surface area contributed by atoms with E-state index < -0.39 is 40.4 Å². The van der Waals surface area contributed by atoms with Crippen LogP contribution < -0.4 is 15.0 Å². The van der Waals surface area contributed by atoms with Crippen molar-refractivity contribution >= 4 is 50.3 Å². The first-order chi connectivity index (χ1) is 21.2. The molecule has 1 aliphatic carbocycles. The number of sulfone groups is 1. The number of benzene rings is 2. The van der Waals surface area contributed by atoms with Crippen LogP contribution in [0, 0.1) is 0 Å². The van der Waals surface area contributed by atoms with Crippen LogP contribution in [0.4, 0.5) is 24.5 Å². The van der Waals surface area contributed by atoms with E-state index in [1.54, 1.807) is 12.1 Å². The summed E-state index contributed by atoms with van der Waals surface area (Å²) >= 11 is 13.3. The molecule has 0 bridgehead atoms. The quantitative estimate of drug-likeness (QED) is 0.193. The number of nitrogens with one attached hydrogen (secondary N) is 1. The number of carbonyl (C=O) groups excluding carboxylic acids is 1. The van der Waals surface area contributed by atoms with E-state index in [2.05, 4.69) is 20.4 Å². The van der Waals surface area contributed by atoms with E-state index in [4.69, 9.17) is 32.5 Å². The van der Waals surface area contributed by atoms with Crippen LogP contribution in [0.1, 0.15) is 31.2 Å². The number of carbonyl (C=O) groups is 1. The molecule has 0 aliphatic heterocycles. The van der Waals surface area contributed by atoms with Crippen molar-refractivity contribution < 1.29 is 35.6 Å². The lowest BCUT2D eigenvalue weighted by Crippen LogP contribution is -2.39. The van der Waals surface area contributed by atoms with Crippen molar-refractivity contribution in [3.63, 3.8) is 0 Å². The summed E-state index contributed by atoms with van der Waals surface area (Å²) < 4.78 is 74.9. The van der Waals surface area contributed by atoms with Crippen molar-refractivity contribution in [2.75, 3.05) is 36.2 Å². The van der Waals surface area contributed by atoms with Crippen molar-refractivity contribution in [2.45, 2.75) is 36.3 Å². The third-order valence-electron chi connectivity index (χ3n) is 7.25. The fourth-order valence-electron chi connectivity index (χ4n) is 4.84. The standard InChI is InChI=1S/C29H26Cl2F3N5O5S/c1-3-45(41,42)20-7-5-19(6-8-20)39(16-29(32,33)34)15-23(40)36-18-12-21(30)25(22(31)13-18)28(10-11-28)27-37-26(44-38-27)17-4-9-24(43-2)35-14-17/h4-9,12-14H,3,10-11,15-16H2,1-2H3,(H,36,40). The van der Waals surface area contributed by atoms with Crippen LogP contribution in [0.25, 0.3) is 11.5 Å². The van der Waals surface area contributed by atoms with E-state index in [0.717, 1.165) is 4.90 Å². The summed E-state index contributed by atoms with van der Waals surface area (Å²) in [6.07, 6.45) is -1.85. The molecule has 4 aromatic rings. The van der Waals surface area contributed by atoms with Crippen LogP contribution in [0.2, 0.25) is 10.0 Å². The van der Waals surface area contributed by atoms with Gasteiger partial charge in [-0.1, -0.05) is 35.3 Å². The van der Waals surface area contributed by atoms with E-state index in [0.29, 0.717) is 35.7 Å². The Labute approximate surface area is 266 Å². The Hall–Kier alpha value is -3.88. The van der Waals surface area contributed by atoms with Gasteiger partial charge in [0.15, 0.2) is 15.7 Å². The predicted molar refractivity (Wildman–Crippen MR) is 162 cm³/mol. The minimum absolute atomic E-state index is 0.0181. The Bertz CT molecular complexity index is 1790. The maximum atomic E-state index is 13.4. The normalized spacial score (nSPS) is 14.2. The third-order valence-corrected chi connectivity index (χ3v) is 9.59. The molecule has 1 fully saturated rings. The minimum atomic E-state index is -4.64. The van der Waals surface area contributed by atoms with Crippen LogP contribution in [-0.2, 0) is 20.0 Å². The number of anilines is 2. The molecule has 1 amide bonds. The van der Waals surface area contributed by atoms with Gasteiger partial charge in [-0.05, 0) is 55.3 Å². The molecule has 2 aromatic carbocycles. The van der Waals surface area contributed by atoms with Crippen molar-refractivity contribution in [3.8, 4) is 17.3 Å².